The maximum Gasteiger partial charge on any atom is 0.416 e. The van der Waals surface area contributed by atoms with Crippen molar-refractivity contribution in [2.24, 2.45) is 16.5 Å². The number of amides is 2. The molecule has 1 saturated heterocycles. The van der Waals surface area contributed by atoms with Crippen molar-refractivity contribution in [1.82, 2.24) is 4.90 Å². The number of guanidine groups is 1. The fourth-order valence-corrected chi connectivity index (χ4v) is 3.85. The maximum absolute atomic E-state index is 13.7. The summed E-state index contributed by atoms with van der Waals surface area (Å²) in [6.45, 7) is 0.559. The average molecular weight is 445 g/mol. The number of carbonyl (C=O) groups excluding carboxylic acids is 2. The first kappa shape index (κ1) is 23.0. The minimum Gasteiger partial charge on any atom is -0.370 e. The molecule has 1 aliphatic heterocycles. The van der Waals surface area contributed by atoms with Crippen LogP contribution in [0.1, 0.15) is 56.2 Å². The molecule has 0 spiro atoms. The predicted octanol–water partition coefficient (Wildman–Crippen LogP) is 3.14. The van der Waals surface area contributed by atoms with Gasteiger partial charge in [0.05, 0.1) is 5.56 Å². The molecule has 5 N–H and O–H groups in total. The van der Waals surface area contributed by atoms with E-state index >= 15 is 0 Å². The van der Waals surface area contributed by atoms with Gasteiger partial charge in [-0.2, -0.15) is 18.2 Å². The molecule has 1 aliphatic rings. The molecule has 168 valence electrons. The summed E-state index contributed by atoms with van der Waals surface area (Å²) in [6, 6.07) is 10.0. The Morgan fingerprint density at radius 1 is 1.09 bits per heavy atom. The Morgan fingerprint density at radius 2 is 1.75 bits per heavy atom. The molecule has 32 heavy (non-hydrogen) atoms. The molecule has 2 aromatic rings. The molecule has 10 heteroatoms. The lowest BCUT2D eigenvalue weighted by atomic mass is 9.85. The second kappa shape index (κ2) is 9.21. The lowest BCUT2D eigenvalue weighted by Crippen LogP contribution is -2.38. The van der Waals surface area contributed by atoms with Crippen LogP contribution < -0.4 is 11.5 Å². The van der Waals surface area contributed by atoms with E-state index in [0.717, 1.165) is 12.3 Å². The van der Waals surface area contributed by atoms with E-state index in [4.69, 9.17) is 16.9 Å². The van der Waals surface area contributed by atoms with E-state index in [1.807, 2.05) is 0 Å². The van der Waals surface area contributed by atoms with Crippen LogP contribution in [0.25, 0.3) is 0 Å². The zero-order valence-corrected chi connectivity index (χ0v) is 17.0. The summed E-state index contributed by atoms with van der Waals surface area (Å²) in [5, 5.41) is 7.45. The van der Waals surface area contributed by atoms with Gasteiger partial charge in [-0.3, -0.25) is 9.59 Å². The van der Waals surface area contributed by atoms with Crippen molar-refractivity contribution in [1.29, 1.82) is 5.41 Å². The molecule has 0 saturated carbocycles. The number of alkyl halides is 3. The summed E-state index contributed by atoms with van der Waals surface area (Å²) < 4.78 is 41.2. The Bertz CT molecular complexity index is 1070. The molecule has 0 unspecified atom stereocenters. The number of rotatable bonds is 4. The average Bonchev–Trinajstić information content (AvgIpc) is 2.77. The van der Waals surface area contributed by atoms with Crippen LogP contribution in [0.4, 0.5) is 13.2 Å². The SMILES string of the molecule is N=Cc1ccccc1C(=O)N1CCC(c2ccc(C(=O)N=C(N)N)cc2C(F)(F)F)CC1. The highest BCUT2D eigenvalue weighted by molar-refractivity contribution is 6.02. The van der Waals surface area contributed by atoms with Crippen LogP contribution in [0.2, 0.25) is 0 Å². The molecule has 0 aromatic heterocycles. The van der Waals surface area contributed by atoms with Crippen LogP contribution in [0, 0.1) is 5.41 Å². The second-order valence-electron chi connectivity index (χ2n) is 7.44. The summed E-state index contributed by atoms with van der Waals surface area (Å²) >= 11 is 0. The molecular weight excluding hydrogens is 423 g/mol. The summed E-state index contributed by atoms with van der Waals surface area (Å²) in [5.41, 5.74) is 10.1. The standard InChI is InChI=1S/C22H22F3N5O2/c23-22(24,25)18-11-14(19(31)29-21(27)28)5-6-16(18)13-7-9-30(10-8-13)20(32)17-4-2-1-3-15(17)12-26/h1-6,11-13,26H,7-10H2,(H4,27,28,29,31). The van der Waals surface area contributed by atoms with Gasteiger partial charge in [0.25, 0.3) is 11.8 Å². The Morgan fingerprint density at radius 3 is 2.34 bits per heavy atom. The highest BCUT2D eigenvalue weighted by atomic mass is 19.4. The molecule has 0 atom stereocenters. The maximum atomic E-state index is 13.7. The van der Waals surface area contributed by atoms with Crippen molar-refractivity contribution in [3.63, 3.8) is 0 Å². The van der Waals surface area contributed by atoms with Gasteiger partial charge in [-0.15, -0.1) is 0 Å². The van der Waals surface area contributed by atoms with Crippen molar-refractivity contribution < 1.29 is 22.8 Å². The summed E-state index contributed by atoms with van der Waals surface area (Å²) in [6.07, 6.45) is -2.90. The van der Waals surface area contributed by atoms with Gasteiger partial charge in [0.15, 0.2) is 5.96 Å². The van der Waals surface area contributed by atoms with Gasteiger partial charge in [-0.05, 0) is 42.5 Å². The number of hydrogen-bond donors (Lipinski definition) is 3. The van der Waals surface area contributed by atoms with Crippen LogP contribution in [0.3, 0.4) is 0 Å². The summed E-state index contributed by atoms with van der Waals surface area (Å²) in [5.74, 6) is -2.17. The fraction of sp³-hybridized carbons (Fsp3) is 0.273. The van der Waals surface area contributed by atoms with Gasteiger partial charge in [0.2, 0.25) is 0 Å². The van der Waals surface area contributed by atoms with E-state index in [2.05, 4.69) is 4.99 Å². The number of nitrogens with two attached hydrogens (primary N) is 2. The number of likely N-dealkylation sites (tertiary alicyclic amines) is 1. The third-order valence-electron chi connectivity index (χ3n) is 5.40. The highest BCUT2D eigenvalue weighted by Crippen LogP contribution is 2.39. The lowest BCUT2D eigenvalue weighted by molar-refractivity contribution is -0.138. The van der Waals surface area contributed by atoms with Gasteiger partial charge in [0, 0.05) is 36.0 Å². The van der Waals surface area contributed by atoms with E-state index in [-0.39, 0.29) is 30.1 Å². The Labute approximate surface area is 182 Å². The number of benzene rings is 2. The van der Waals surface area contributed by atoms with Gasteiger partial charge < -0.3 is 21.8 Å². The Balaban J connectivity index is 1.81. The molecule has 7 nitrogen and oxygen atoms in total. The zero-order chi connectivity index (χ0) is 23.5. The topological polar surface area (TPSA) is 126 Å². The predicted molar refractivity (Wildman–Crippen MR) is 114 cm³/mol. The van der Waals surface area contributed by atoms with E-state index in [1.54, 1.807) is 29.2 Å². The molecule has 1 fully saturated rings. The minimum absolute atomic E-state index is 0.0748. The smallest absolute Gasteiger partial charge is 0.370 e. The number of aliphatic imine (C=N–C) groups is 1. The van der Waals surface area contributed by atoms with Crippen LogP contribution in [0.15, 0.2) is 47.5 Å². The highest BCUT2D eigenvalue weighted by Gasteiger charge is 2.37. The van der Waals surface area contributed by atoms with Crippen molar-refractivity contribution in [2.45, 2.75) is 24.9 Å². The lowest BCUT2D eigenvalue weighted by Gasteiger charge is -2.33. The first-order valence-electron chi connectivity index (χ1n) is 9.85. The van der Waals surface area contributed by atoms with Gasteiger partial charge >= 0.3 is 6.18 Å². The van der Waals surface area contributed by atoms with Crippen molar-refractivity contribution in [2.75, 3.05) is 13.1 Å². The molecule has 1 heterocycles. The summed E-state index contributed by atoms with van der Waals surface area (Å²) in [4.78, 5) is 29.7. The Kier molecular flexibility index (Phi) is 6.61. The molecule has 2 amide bonds. The molecular formula is C22H22F3N5O2. The minimum atomic E-state index is -4.67. The van der Waals surface area contributed by atoms with Crippen LogP contribution >= 0.6 is 0 Å². The second-order valence-corrected chi connectivity index (χ2v) is 7.44. The van der Waals surface area contributed by atoms with E-state index in [0.29, 0.717) is 24.0 Å². The van der Waals surface area contributed by atoms with E-state index < -0.39 is 29.5 Å². The first-order chi connectivity index (χ1) is 15.1. The zero-order valence-electron chi connectivity index (χ0n) is 17.0. The van der Waals surface area contributed by atoms with Crippen LogP contribution in [0.5, 0.6) is 0 Å². The van der Waals surface area contributed by atoms with Gasteiger partial charge in [-0.25, -0.2) is 0 Å². The van der Waals surface area contributed by atoms with Crippen LogP contribution in [-0.4, -0.2) is 42.0 Å². The van der Waals surface area contributed by atoms with E-state index in [9.17, 15) is 22.8 Å². The van der Waals surface area contributed by atoms with Crippen molar-refractivity contribution in [3.05, 3.63) is 70.3 Å². The molecule has 2 aromatic carbocycles. The number of hydrogen-bond acceptors (Lipinski definition) is 3. The molecule has 0 radical (unpaired) electrons. The summed E-state index contributed by atoms with van der Waals surface area (Å²) in [7, 11) is 0. The van der Waals surface area contributed by atoms with Gasteiger partial charge in [-0.1, -0.05) is 24.3 Å². The van der Waals surface area contributed by atoms with E-state index in [1.165, 1.54) is 12.1 Å². The third kappa shape index (κ3) is 4.96. The Hall–Kier alpha value is -3.69. The first-order valence-corrected chi connectivity index (χ1v) is 9.85. The quantitative estimate of drug-likeness (QED) is 0.494. The number of piperidine rings is 1. The molecule has 3 rings (SSSR count). The number of nitrogens with zero attached hydrogens (tertiary/aromatic N) is 2. The molecule has 0 bridgehead atoms. The monoisotopic (exact) mass is 445 g/mol. The largest absolute Gasteiger partial charge is 0.416 e. The molecule has 0 aliphatic carbocycles. The number of carbonyl (C=O) groups is 2. The van der Waals surface area contributed by atoms with Crippen LogP contribution in [-0.2, 0) is 6.18 Å². The third-order valence-corrected chi connectivity index (χ3v) is 5.40. The fourth-order valence-electron chi connectivity index (χ4n) is 3.85. The van der Waals surface area contributed by atoms with Crippen molar-refractivity contribution in [3.8, 4) is 0 Å². The normalized spacial score (nSPS) is 14.7. The van der Waals surface area contributed by atoms with Gasteiger partial charge in [0.1, 0.15) is 0 Å². The van der Waals surface area contributed by atoms with Crippen molar-refractivity contribution >= 4 is 24.0 Å². The number of nitrogens with one attached hydrogen (secondary N) is 1. The number of halogens is 3.